The zero-order valence-electron chi connectivity index (χ0n) is 30.8. The first-order valence-corrected chi connectivity index (χ1v) is 19.0. The van der Waals surface area contributed by atoms with Gasteiger partial charge in [0.2, 0.25) is 0 Å². The molecule has 2 aliphatic heterocycles. The Bertz CT molecular complexity index is 1570. The van der Waals surface area contributed by atoms with Crippen molar-refractivity contribution in [2.75, 3.05) is 46.4 Å². The van der Waals surface area contributed by atoms with Crippen molar-refractivity contribution in [3.05, 3.63) is 94.5 Å². The van der Waals surface area contributed by atoms with Crippen LogP contribution in [0.4, 0.5) is 13.2 Å². The maximum Gasteiger partial charge on any atom is 0.471 e. The van der Waals surface area contributed by atoms with Crippen LogP contribution < -0.4 is 20.7 Å². The molecule has 0 bridgehead atoms. The minimum Gasteiger partial charge on any atom is -0.457 e. The maximum atomic E-state index is 12.2. The van der Waals surface area contributed by atoms with Crippen molar-refractivity contribution >= 4 is 17.5 Å². The second kappa shape index (κ2) is 20.5. The van der Waals surface area contributed by atoms with E-state index >= 15 is 0 Å². The van der Waals surface area contributed by atoms with Gasteiger partial charge in [0.1, 0.15) is 11.5 Å². The Labute approximate surface area is 316 Å². The highest BCUT2D eigenvalue weighted by atomic mass is 35.5. The molecule has 5 rings (SSSR count). The number of halogens is 4. The summed E-state index contributed by atoms with van der Waals surface area (Å²) in [5.74, 6) is -0.314. The third-order valence-corrected chi connectivity index (χ3v) is 10.5. The monoisotopic (exact) mass is 761 g/mol. The van der Waals surface area contributed by atoms with E-state index in [2.05, 4.69) is 23.6 Å². The van der Waals surface area contributed by atoms with E-state index in [-0.39, 0.29) is 31.2 Å². The second-order valence-corrected chi connectivity index (χ2v) is 14.6. The van der Waals surface area contributed by atoms with Gasteiger partial charge in [0, 0.05) is 55.8 Å². The van der Waals surface area contributed by atoms with Gasteiger partial charge in [-0.15, -0.1) is 0 Å². The SMILES string of the molecule is COCCCC[C@@](O)(c1ccccc1Oc1cccc(C)c1)[C@@H]1CCCNC1.O=C(NCCC[C@@](O)(c1cccc(Cl)c1)[C@@H]1CCCNC1)C(F)(F)F. The van der Waals surface area contributed by atoms with Crippen LogP contribution in [0.5, 0.6) is 11.5 Å². The molecular formula is C41H55ClF3N3O5. The van der Waals surface area contributed by atoms with E-state index in [1.165, 1.54) is 0 Å². The molecular weight excluding hydrogens is 707 g/mol. The molecule has 2 aliphatic rings. The number of carbonyl (C=O) groups is 1. The molecule has 2 saturated heterocycles. The minimum atomic E-state index is -4.89. The van der Waals surface area contributed by atoms with E-state index in [0.717, 1.165) is 87.4 Å². The van der Waals surface area contributed by atoms with Crippen LogP contribution in [0.3, 0.4) is 0 Å². The van der Waals surface area contributed by atoms with E-state index in [1.54, 1.807) is 31.4 Å². The Morgan fingerprint density at radius 3 is 2.15 bits per heavy atom. The lowest BCUT2D eigenvalue weighted by Gasteiger charge is -2.40. The van der Waals surface area contributed by atoms with Gasteiger partial charge in [-0.25, -0.2) is 0 Å². The summed E-state index contributed by atoms with van der Waals surface area (Å²) in [5, 5.41) is 32.3. The average molecular weight is 762 g/mol. The van der Waals surface area contributed by atoms with Gasteiger partial charge in [-0.1, -0.05) is 54.1 Å². The van der Waals surface area contributed by atoms with Gasteiger partial charge in [0.05, 0.1) is 11.2 Å². The lowest BCUT2D eigenvalue weighted by Crippen LogP contribution is -2.45. The number of benzene rings is 3. The van der Waals surface area contributed by atoms with Crippen LogP contribution in [0.2, 0.25) is 5.02 Å². The molecule has 1 amide bonds. The number of aliphatic hydroxyl groups is 2. The molecule has 3 aromatic carbocycles. The summed E-state index contributed by atoms with van der Waals surface area (Å²) in [4.78, 5) is 10.9. The Hall–Kier alpha value is -3.19. The molecule has 5 N–H and O–H groups in total. The molecule has 2 fully saturated rings. The number of aryl methyl sites for hydroxylation is 1. The third kappa shape index (κ3) is 12.4. The van der Waals surface area contributed by atoms with Gasteiger partial charge in [-0.05, 0) is 119 Å². The molecule has 3 aromatic rings. The fourth-order valence-electron chi connectivity index (χ4n) is 7.44. The topological polar surface area (TPSA) is 112 Å². The van der Waals surface area contributed by atoms with E-state index < -0.39 is 23.3 Å². The van der Waals surface area contributed by atoms with E-state index in [4.69, 9.17) is 21.1 Å². The predicted octanol–water partition coefficient (Wildman–Crippen LogP) is 7.78. The number of piperidine rings is 2. The number of nitrogens with one attached hydrogen (secondary N) is 3. The first-order chi connectivity index (χ1) is 25.4. The molecule has 53 heavy (non-hydrogen) atoms. The zero-order chi connectivity index (χ0) is 38.3. The van der Waals surface area contributed by atoms with Crippen LogP contribution in [0.25, 0.3) is 0 Å². The normalized spacial score (nSPS) is 19.9. The first-order valence-electron chi connectivity index (χ1n) is 18.7. The minimum absolute atomic E-state index is 0.0713. The van der Waals surface area contributed by atoms with Crippen molar-refractivity contribution in [3.63, 3.8) is 0 Å². The Kier molecular flexibility index (Phi) is 16.4. The molecule has 292 valence electrons. The van der Waals surface area contributed by atoms with Gasteiger partial charge in [0.15, 0.2) is 0 Å². The van der Waals surface area contributed by atoms with E-state index in [1.807, 2.05) is 47.8 Å². The summed E-state index contributed by atoms with van der Waals surface area (Å²) < 4.78 is 48.1. The Morgan fingerprint density at radius 2 is 1.53 bits per heavy atom. The maximum absolute atomic E-state index is 12.2. The van der Waals surface area contributed by atoms with Crippen LogP contribution in [-0.4, -0.2) is 68.7 Å². The molecule has 2 heterocycles. The lowest BCUT2D eigenvalue weighted by atomic mass is 9.74. The number of unbranched alkanes of at least 4 members (excludes halogenated alkanes) is 1. The van der Waals surface area contributed by atoms with Crippen LogP contribution in [0.1, 0.15) is 74.5 Å². The molecule has 0 unspecified atom stereocenters. The standard InChI is InChI=1S/C24H33NO3.C17H22ClF3N2O2/c1-19-9-7-11-21(17-19)28-23-13-4-3-12-22(23)24(26,14-5-6-16-27-2)20-10-8-15-25-18-20;18-14-6-1-4-12(10-14)16(25,13-5-2-8-22-11-13)7-3-9-23-15(24)17(19,20)21/h3-4,7,9,11-13,17,20,25-26H,5-6,8,10,14-16,18H2,1-2H3;1,4,6,10,13,22,25H,2-3,5,7-9,11H2,(H,23,24)/t20-,24+;13-,16-/m11/s1. The van der Waals surface area contributed by atoms with Crippen molar-refractivity contribution < 1.29 is 37.7 Å². The number of hydrogen-bond donors (Lipinski definition) is 5. The zero-order valence-corrected chi connectivity index (χ0v) is 31.6. The number of ether oxygens (including phenoxy) is 2. The summed E-state index contributed by atoms with van der Waals surface area (Å²) in [6, 6.07) is 22.9. The number of hydrogen-bond acceptors (Lipinski definition) is 7. The van der Waals surface area contributed by atoms with E-state index in [0.29, 0.717) is 23.6 Å². The van der Waals surface area contributed by atoms with E-state index in [9.17, 15) is 28.2 Å². The van der Waals surface area contributed by atoms with Crippen molar-refractivity contribution in [2.24, 2.45) is 11.8 Å². The molecule has 4 atom stereocenters. The van der Waals surface area contributed by atoms with Gasteiger partial charge in [0.25, 0.3) is 0 Å². The summed E-state index contributed by atoms with van der Waals surface area (Å²) in [5.41, 5.74) is 0.572. The molecule has 0 radical (unpaired) electrons. The Morgan fingerprint density at radius 1 is 0.868 bits per heavy atom. The molecule has 0 saturated carbocycles. The van der Waals surface area contributed by atoms with Gasteiger partial charge < -0.3 is 35.6 Å². The number of methoxy groups -OCH3 is 1. The summed E-state index contributed by atoms with van der Waals surface area (Å²) in [6.07, 6.45) is 1.97. The number of rotatable bonds is 15. The van der Waals surface area contributed by atoms with Crippen molar-refractivity contribution in [2.45, 2.75) is 82.1 Å². The third-order valence-electron chi connectivity index (χ3n) is 10.3. The van der Waals surface area contributed by atoms with Gasteiger partial charge in [-0.2, -0.15) is 13.2 Å². The van der Waals surface area contributed by atoms with Crippen LogP contribution >= 0.6 is 11.6 Å². The van der Waals surface area contributed by atoms with Gasteiger partial charge >= 0.3 is 12.1 Å². The molecule has 0 aromatic heterocycles. The summed E-state index contributed by atoms with van der Waals surface area (Å²) in [6.45, 7) is 5.99. The largest absolute Gasteiger partial charge is 0.471 e. The summed E-state index contributed by atoms with van der Waals surface area (Å²) >= 11 is 6.03. The highest BCUT2D eigenvalue weighted by molar-refractivity contribution is 6.30. The average Bonchev–Trinajstić information content (AvgIpc) is 3.15. The second-order valence-electron chi connectivity index (χ2n) is 14.2. The predicted molar refractivity (Wildman–Crippen MR) is 202 cm³/mol. The van der Waals surface area contributed by atoms with Crippen molar-refractivity contribution in [3.8, 4) is 11.5 Å². The highest BCUT2D eigenvalue weighted by Crippen LogP contribution is 2.43. The van der Waals surface area contributed by atoms with Crippen LogP contribution in [0.15, 0.2) is 72.8 Å². The number of para-hydroxylation sites is 1. The van der Waals surface area contributed by atoms with Crippen molar-refractivity contribution in [1.29, 1.82) is 0 Å². The molecule has 12 heteroatoms. The molecule has 0 aliphatic carbocycles. The van der Waals surface area contributed by atoms with Crippen molar-refractivity contribution in [1.82, 2.24) is 16.0 Å². The molecule has 0 spiro atoms. The number of alkyl halides is 3. The quantitative estimate of drug-likeness (QED) is 0.101. The van der Waals surface area contributed by atoms with Crippen LogP contribution in [0, 0.1) is 18.8 Å². The van der Waals surface area contributed by atoms with Gasteiger partial charge in [-0.3, -0.25) is 4.79 Å². The fraction of sp³-hybridized carbons (Fsp3) is 0.537. The van der Waals surface area contributed by atoms with Crippen LogP contribution in [-0.2, 0) is 20.7 Å². The number of amides is 1. The Balaban J connectivity index is 0.000000238. The lowest BCUT2D eigenvalue weighted by molar-refractivity contribution is -0.173. The number of carbonyl (C=O) groups excluding carboxylic acids is 1. The first kappa shape index (κ1) is 42.6. The highest BCUT2D eigenvalue weighted by Gasteiger charge is 2.42. The smallest absolute Gasteiger partial charge is 0.457 e. The fourth-order valence-corrected chi connectivity index (χ4v) is 7.63. The molecule has 8 nitrogen and oxygen atoms in total. The summed E-state index contributed by atoms with van der Waals surface area (Å²) in [7, 11) is 1.72.